The van der Waals surface area contributed by atoms with E-state index in [0.29, 0.717) is 24.2 Å². The van der Waals surface area contributed by atoms with E-state index in [1.165, 1.54) is 11.6 Å². The highest BCUT2D eigenvalue weighted by atomic mass is 19.1. The monoisotopic (exact) mass is 465 g/mol. The van der Waals surface area contributed by atoms with Gasteiger partial charge in [-0.15, -0.1) is 0 Å². The van der Waals surface area contributed by atoms with Gasteiger partial charge in [-0.1, -0.05) is 83.7 Å². The third kappa shape index (κ3) is 13.9. The second kappa shape index (κ2) is 14.9. The van der Waals surface area contributed by atoms with Gasteiger partial charge in [0, 0.05) is 18.3 Å². The lowest BCUT2D eigenvalue weighted by atomic mass is 9.87. The van der Waals surface area contributed by atoms with Crippen LogP contribution >= 0.6 is 0 Å². The maximum atomic E-state index is 13.4. The number of halogens is 1. The molecule has 4 heteroatoms. The third-order valence-corrected chi connectivity index (χ3v) is 4.28. The van der Waals surface area contributed by atoms with Gasteiger partial charge in [0.15, 0.2) is 0 Å². The summed E-state index contributed by atoms with van der Waals surface area (Å²) in [4.78, 5) is 4.26. The van der Waals surface area contributed by atoms with Crippen LogP contribution in [0.2, 0.25) is 0 Å². The molecular weight excluding hydrogens is 413 g/mol. The van der Waals surface area contributed by atoms with Crippen molar-refractivity contribution in [3.63, 3.8) is 0 Å². The number of pyridine rings is 1. The lowest BCUT2D eigenvalue weighted by molar-refractivity contribution is 0.232. The Balaban J connectivity index is -0.000000503. The Morgan fingerprint density at radius 2 is 1.36 bits per heavy atom. The quantitative estimate of drug-likeness (QED) is 0.441. The summed E-state index contributed by atoms with van der Waals surface area (Å²) in [7, 11) is 0. The SMILES string of the molecule is C.C.C.CC(C)COc1cc(F)cc(C(C)(C)C)c1.CC(C)Oc1ccc(C(C)(C)C)cn1. The van der Waals surface area contributed by atoms with Gasteiger partial charge in [-0.3, -0.25) is 0 Å². The molecule has 0 radical (unpaired) electrons. The molecule has 0 saturated heterocycles. The second-order valence-corrected chi connectivity index (χ2v) is 10.4. The van der Waals surface area contributed by atoms with E-state index in [2.05, 4.69) is 66.4 Å². The van der Waals surface area contributed by atoms with Crippen molar-refractivity contribution in [1.29, 1.82) is 0 Å². The maximum Gasteiger partial charge on any atom is 0.213 e. The van der Waals surface area contributed by atoms with Gasteiger partial charge in [0.1, 0.15) is 11.6 Å². The lowest BCUT2D eigenvalue weighted by Crippen LogP contribution is -2.12. The summed E-state index contributed by atoms with van der Waals surface area (Å²) in [6.45, 7) is 21.5. The number of hydrogen-bond acceptors (Lipinski definition) is 3. The van der Waals surface area contributed by atoms with Crippen LogP contribution in [0.3, 0.4) is 0 Å². The lowest BCUT2D eigenvalue weighted by Gasteiger charge is -2.20. The summed E-state index contributed by atoms with van der Waals surface area (Å²) in [6.07, 6.45) is 2.07. The summed E-state index contributed by atoms with van der Waals surface area (Å²) in [5, 5.41) is 0. The minimum Gasteiger partial charge on any atom is -0.493 e. The molecule has 0 aliphatic carbocycles. The highest BCUT2D eigenvalue weighted by Gasteiger charge is 2.16. The van der Waals surface area contributed by atoms with Gasteiger partial charge in [-0.2, -0.15) is 0 Å². The highest BCUT2D eigenvalue weighted by Crippen LogP contribution is 2.27. The van der Waals surface area contributed by atoms with Gasteiger partial charge >= 0.3 is 0 Å². The second-order valence-electron chi connectivity index (χ2n) is 10.4. The van der Waals surface area contributed by atoms with Crippen molar-refractivity contribution < 1.29 is 13.9 Å². The van der Waals surface area contributed by atoms with Crippen LogP contribution in [0.25, 0.3) is 0 Å². The van der Waals surface area contributed by atoms with E-state index in [9.17, 15) is 4.39 Å². The van der Waals surface area contributed by atoms with Crippen LogP contribution in [0, 0.1) is 11.7 Å². The Labute approximate surface area is 205 Å². The van der Waals surface area contributed by atoms with E-state index in [-0.39, 0.29) is 45.0 Å². The summed E-state index contributed by atoms with van der Waals surface area (Å²) in [6, 6.07) is 8.94. The first-order chi connectivity index (χ1) is 13.7. The molecule has 0 bridgehead atoms. The fourth-order valence-corrected chi connectivity index (χ4v) is 2.48. The van der Waals surface area contributed by atoms with Crippen molar-refractivity contribution in [3.8, 4) is 11.6 Å². The predicted molar refractivity (Wildman–Crippen MR) is 144 cm³/mol. The number of ether oxygens (including phenoxy) is 2. The van der Waals surface area contributed by atoms with E-state index >= 15 is 0 Å². The van der Waals surface area contributed by atoms with Gasteiger partial charge in [-0.25, -0.2) is 9.37 Å². The summed E-state index contributed by atoms with van der Waals surface area (Å²) in [5.74, 6) is 1.54. The van der Waals surface area contributed by atoms with Crippen molar-refractivity contribution >= 4 is 0 Å². The molecule has 3 nitrogen and oxygen atoms in total. The van der Waals surface area contributed by atoms with Crippen LogP contribution in [0.1, 0.15) is 103 Å². The van der Waals surface area contributed by atoms with Crippen molar-refractivity contribution in [3.05, 3.63) is 53.5 Å². The average molecular weight is 466 g/mol. The molecule has 1 aromatic heterocycles. The molecule has 2 rings (SSSR count). The fourth-order valence-electron chi connectivity index (χ4n) is 2.48. The summed E-state index contributed by atoms with van der Waals surface area (Å²) < 4.78 is 24.4. The van der Waals surface area contributed by atoms with Crippen molar-refractivity contribution in [2.75, 3.05) is 6.61 Å². The Morgan fingerprint density at radius 1 is 0.818 bits per heavy atom. The molecule has 0 atom stereocenters. The van der Waals surface area contributed by atoms with Crippen LogP contribution in [-0.4, -0.2) is 17.7 Å². The van der Waals surface area contributed by atoms with Gasteiger partial charge in [-0.05, 0) is 53.9 Å². The minimum atomic E-state index is -0.230. The molecular formula is C29H52FNO2. The van der Waals surface area contributed by atoms with Crippen LogP contribution in [0.4, 0.5) is 4.39 Å². The molecule has 1 aromatic carbocycles. The first-order valence-electron chi connectivity index (χ1n) is 10.8. The Kier molecular flexibility index (Phi) is 16.1. The average Bonchev–Trinajstić information content (AvgIpc) is 2.58. The van der Waals surface area contributed by atoms with Crippen molar-refractivity contribution in [1.82, 2.24) is 4.98 Å². The molecule has 0 aliphatic heterocycles. The van der Waals surface area contributed by atoms with Crippen LogP contribution in [0.15, 0.2) is 36.5 Å². The van der Waals surface area contributed by atoms with Crippen LogP contribution in [0.5, 0.6) is 11.6 Å². The van der Waals surface area contributed by atoms with E-state index in [1.807, 2.05) is 32.2 Å². The zero-order chi connectivity index (χ0) is 23.1. The number of nitrogens with zero attached hydrogens (tertiary/aromatic N) is 1. The molecule has 0 fully saturated rings. The molecule has 0 unspecified atom stereocenters. The first kappa shape index (κ1) is 35.5. The van der Waals surface area contributed by atoms with Gasteiger partial charge in [0.05, 0.1) is 12.7 Å². The fraction of sp³-hybridized carbons (Fsp3) is 0.621. The van der Waals surface area contributed by atoms with Gasteiger partial charge in [0.25, 0.3) is 0 Å². The van der Waals surface area contributed by atoms with Gasteiger partial charge in [0.2, 0.25) is 5.88 Å². The molecule has 33 heavy (non-hydrogen) atoms. The van der Waals surface area contributed by atoms with Crippen LogP contribution in [-0.2, 0) is 10.8 Å². The highest BCUT2D eigenvalue weighted by molar-refractivity contribution is 5.33. The Morgan fingerprint density at radius 3 is 1.76 bits per heavy atom. The first-order valence-corrected chi connectivity index (χ1v) is 10.8. The predicted octanol–water partition coefficient (Wildman–Crippen LogP) is 9.23. The topological polar surface area (TPSA) is 31.4 Å². The van der Waals surface area contributed by atoms with Gasteiger partial charge < -0.3 is 9.47 Å². The number of rotatable bonds is 5. The minimum absolute atomic E-state index is 0. The summed E-state index contributed by atoms with van der Waals surface area (Å²) in [5.41, 5.74) is 2.29. The molecule has 0 spiro atoms. The largest absolute Gasteiger partial charge is 0.493 e. The van der Waals surface area contributed by atoms with E-state index in [0.717, 1.165) is 5.56 Å². The smallest absolute Gasteiger partial charge is 0.213 e. The van der Waals surface area contributed by atoms with E-state index in [1.54, 1.807) is 6.07 Å². The molecule has 2 aromatic rings. The Bertz CT molecular complexity index is 770. The zero-order valence-electron chi connectivity index (χ0n) is 20.5. The molecule has 1 heterocycles. The van der Waals surface area contributed by atoms with Crippen molar-refractivity contribution in [2.45, 2.75) is 108 Å². The Hall–Kier alpha value is -2.10. The normalized spacial score (nSPS) is 10.8. The zero-order valence-corrected chi connectivity index (χ0v) is 20.5. The summed E-state index contributed by atoms with van der Waals surface area (Å²) >= 11 is 0. The van der Waals surface area contributed by atoms with E-state index < -0.39 is 0 Å². The standard InChI is InChI=1S/C14H21FO.C12H19NO.3CH4/c1-10(2)9-16-13-7-11(14(3,4)5)6-12(15)8-13;1-9(2)14-11-7-6-10(8-13-11)12(3,4)5;;;/h6-8,10H,9H2,1-5H3;6-9H,1-5H3;3*1H4. The van der Waals surface area contributed by atoms with E-state index in [4.69, 9.17) is 9.47 Å². The maximum absolute atomic E-state index is 13.4. The number of benzene rings is 1. The number of aromatic nitrogens is 1. The number of hydrogen-bond donors (Lipinski definition) is 0. The third-order valence-electron chi connectivity index (χ3n) is 4.28. The molecule has 0 N–H and O–H groups in total. The molecule has 0 aliphatic rings. The van der Waals surface area contributed by atoms with Crippen LogP contribution < -0.4 is 9.47 Å². The molecule has 192 valence electrons. The molecule has 0 saturated carbocycles. The molecule has 0 amide bonds. The van der Waals surface area contributed by atoms with Crippen molar-refractivity contribution in [2.24, 2.45) is 5.92 Å².